The summed E-state index contributed by atoms with van der Waals surface area (Å²) in [5.41, 5.74) is 2.65. The zero-order chi connectivity index (χ0) is 15.5. The number of rotatable bonds is 4. The summed E-state index contributed by atoms with van der Waals surface area (Å²) < 4.78 is 0. The fraction of sp³-hybridized carbons (Fsp3) is 0.200. The zero-order valence-corrected chi connectivity index (χ0v) is 15.0. The predicted molar refractivity (Wildman–Crippen MR) is 102 cm³/mol. The summed E-state index contributed by atoms with van der Waals surface area (Å²) in [6.07, 6.45) is 1.11. The summed E-state index contributed by atoms with van der Waals surface area (Å²) in [5.74, 6) is 0. The maximum Gasteiger partial charge on any atom is 0.0126 e. The fourth-order valence-electron chi connectivity index (χ4n) is 2.61. The van der Waals surface area contributed by atoms with Gasteiger partial charge in [-0.3, -0.25) is 0 Å². The highest BCUT2D eigenvalue weighted by atomic mass is 32.1. The summed E-state index contributed by atoms with van der Waals surface area (Å²) in [4.78, 5) is 1.52. The van der Waals surface area contributed by atoms with Gasteiger partial charge in [-0.05, 0) is 55.5 Å². The van der Waals surface area contributed by atoms with E-state index < -0.39 is 7.92 Å². The van der Waals surface area contributed by atoms with Crippen molar-refractivity contribution in [2.24, 2.45) is 0 Å². The van der Waals surface area contributed by atoms with E-state index in [4.69, 9.17) is 0 Å². The van der Waals surface area contributed by atoms with Crippen molar-refractivity contribution in [1.29, 1.82) is 0 Å². The van der Waals surface area contributed by atoms with E-state index in [-0.39, 0.29) is 0 Å². The summed E-state index contributed by atoms with van der Waals surface area (Å²) in [7, 11) is -0.450. The normalized spacial score (nSPS) is 11.1. The number of aryl methyl sites for hydroxylation is 3. The van der Waals surface area contributed by atoms with E-state index in [2.05, 4.69) is 80.7 Å². The van der Waals surface area contributed by atoms with E-state index in [0.717, 1.165) is 6.42 Å². The van der Waals surface area contributed by atoms with Crippen LogP contribution in [0.15, 0.2) is 60.0 Å². The lowest BCUT2D eigenvalue weighted by Crippen LogP contribution is -2.21. The summed E-state index contributed by atoms with van der Waals surface area (Å²) >= 11 is 1.89. The number of benzene rings is 2. The maximum absolute atomic E-state index is 2.33. The Labute approximate surface area is 138 Å². The molecule has 0 aliphatic rings. The Morgan fingerprint density at radius 3 is 1.73 bits per heavy atom. The Kier molecular flexibility index (Phi) is 4.76. The molecule has 0 unspecified atom stereocenters. The third kappa shape index (κ3) is 3.16. The summed E-state index contributed by atoms with van der Waals surface area (Å²) in [5, 5.41) is 6.65. The molecule has 0 saturated carbocycles. The van der Waals surface area contributed by atoms with Crippen molar-refractivity contribution in [3.63, 3.8) is 0 Å². The van der Waals surface area contributed by atoms with Crippen molar-refractivity contribution in [3.05, 3.63) is 76.0 Å². The topological polar surface area (TPSA) is 0 Å². The van der Waals surface area contributed by atoms with Gasteiger partial charge in [-0.25, -0.2) is 0 Å². The molecule has 112 valence electrons. The molecular formula is C20H21PS. The standard InChI is InChI=1S/C20H21PS/c1-4-20-19(13-14-22-20)21(17-9-5-15(2)6-10-17)18-11-7-16(3)8-12-18/h5-14H,4H2,1-3H3. The van der Waals surface area contributed by atoms with Crippen molar-refractivity contribution >= 4 is 35.2 Å². The summed E-state index contributed by atoms with van der Waals surface area (Å²) in [6.45, 7) is 6.56. The van der Waals surface area contributed by atoms with Gasteiger partial charge in [0.05, 0.1) is 0 Å². The quantitative estimate of drug-likeness (QED) is 0.611. The Balaban J connectivity index is 2.13. The first-order chi connectivity index (χ1) is 10.7. The number of thiophene rings is 1. The van der Waals surface area contributed by atoms with Crippen LogP contribution in [-0.2, 0) is 6.42 Å². The van der Waals surface area contributed by atoms with Crippen LogP contribution in [0.25, 0.3) is 0 Å². The molecule has 1 heterocycles. The molecule has 0 fully saturated rings. The minimum atomic E-state index is -0.450. The molecule has 2 heteroatoms. The second-order valence-corrected chi connectivity index (χ2v) is 8.78. The van der Waals surface area contributed by atoms with Gasteiger partial charge in [0.25, 0.3) is 0 Å². The second-order valence-electron chi connectivity index (χ2n) is 5.59. The lowest BCUT2D eigenvalue weighted by Gasteiger charge is -2.20. The van der Waals surface area contributed by atoms with Crippen LogP contribution >= 0.6 is 19.3 Å². The highest BCUT2D eigenvalue weighted by Gasteiger charge is 2.19. The minimum Gasteiger partial charge on any atom is -0.148 e. The first-order valence-electron chi connectivity index (χ1n) is 7.69. The highest BCUT2D eigenvalue weighted by molar-refractivity contribution is 7.80. The lowest BCUT2D eigenvalue weighted by molar-refractivity contribution is 1.20. The molecule has 0 aliphatic heterocycles. The monoisotopic (exact) mass is 324 g/mol. The fourth-order valence-corrected chi connectivity index (χ4v) is 6.25. The van der Waals surface area contributed by atoms with Crippen LogP contribution in [0.2, 0.25) is 0 Å². The average Bonchev–Trinajstić information content (AvgIpc) is 2.99. The highest BCUT2D eigenvalue weighted by Crippen LogP contribution is 2.36. The van der Waals surface area contributed by atoms with Crippen LogP contribution in [0, 0.1) is 13.8 Å². The maximum atomic E-state index is 2.33. The van der Waals surface area contributed by atoms with Gasteiger partial charge in [0.15, 0.2) is 0 Å². The van der Waals surface area contributed by atoms with E-state index in [0.29, 0.717) is 0 Å². The lowest BCUT2D eigenvalue weighted by atomic mass is 10.2. The van der Waals surface area contributed by atoms with E-state index in [1.54, 1.807) is 0 Å². The van der Waals surface area contributed by atoms with Crippen molar-refractivity contribution in [1.82, 2.24) is 0 Å². The SMILES string of the molecule is CCc1sccc1P(c1ccc(C)cc1)c1ccc(C)cc1. The largest absolute Gasteiger partial charge is 0.148 e. The smallest absolute Gasteiger partial charge is 0.0126 e. The predicted octanol–water partition coefficient (Wildman–Crippen LogP) is 4.69. The molecule has 0 aliphatic carbocycles. The Hall–Kier alpha value is -1.43. The number of hydrogen-bond donors (Lipinski definition) is 0. The molecule has 2 aromatic carbocycles. The molecule has 0 spiro atoms. The third-order valence-electron chi connectivity index (χ3n) is 3.87. The zero-order valence-electron chi connectivity index (χ0n) is 13.3. The van der Waals surface area contributed by atoms with Crippen molar-refractivity contribution in [2.75, 3.05) is 0 Å². The molecule has 1 aromatic heterocycles. The molecule has 0 N–H and O–H groups in total. The third-order valence-corrected chi connectivity index (χ3v) is 7.61. The van der Waals surface area contributed by atoms with Gasteiger partial charge in [0, 0.05) is 4.88 Å². The molecule has 0 radical (unpaired) electrons. The second kappa shape index (κ2) is 6.77. The molecule has 0 nitrogen and oxygen atoms in total. The molecular weight excluding hydrogens is 303 g/mol. The van der Waals surface area contributed by atoms with E-state index in [1.165, 1.54) is 31.9 Å². The minimum absolute atomic E-state index is 0.450. The van der Waals surface area contributed by atoms with Crippen LogP contribution in [0.1, 0.15) is 22.9 Å². The van der Waals surface area contributed by atoms with Gasteiger partial charge < -0.3 is 0 Å². The van der Waals surface area contributed by atoms with Gasteiger partial charge in [-0.15, -0.1) is 11.3 Å². The van der Waals surface area contributed by atoms with Crippen LogP contribution in [-0.4, -0.2) is 0 Å². The van der Waals surface area contributed by atoms with Crippen molar-refractivity contribution in [2.45, 2.75) is 27.2 Å². The Morgan fingerprint density at radius 2 is 1.27 bits per heavy atom. The summed E-state index contributed by atoms with van der Waals surface area (Å²) in [6, 6.07) is 20.5. The van der Waals surface area contributed by atoms with Gasteiger partial charge in [-0.2, -0.15) is 0 Å². The van der Waals surface area contributed by atoms with Crippen LogP contribution in [0.4, 0.5) is 0 Å². The van der Waals surface area contributed by atoms with E-state index in [1.807, 2.05) is 11.3 Å². The molecule has 0 saturated heterocycles. The van der Waals surface area contributed by atoms with Crippen LogP contribution in [0.3, 0.4) is 0 Å². The molecule has 3 rings (SSSR count). The molecule has 0 atom stereocenters. The average molecular weight is 324 g/mol. The molecule has 3 aromatic rings. The van der Waals surface area contributed by atoms with Crippen molar-refractivity contribution < 1.29 is 0 Å². The molecule has 0 amide bonds. The van der Waals surface area contributed by atoms with Gasteiger partial charge in [0.1, 0.15) is 0 Å². The first kappa shape index (κ1) is 15.5. The first-order valence-corrected chi connectivity index (χ1v) is 9.91. The molecule has 22 heavy (non-hydrogen) atoms. The van der Waals surface area contributed by atoms with Crippen molar-refractivity contribution in [3.8, 4) is 0 Å². The number of hydrogen-bond acceptors (Lipinski definition) is 1. The van der Waals surface area contributed by atoms with Crippen LogP contribution in [0.5, 0.6) is 0 Å². The molecule has 0 bridgehead atoms. The Morgan fingerprint density at radius 1 is 0.773 bits per heavy atom. The van der Waals surface area contributed by atoms with Gasteiger partial charge >= 0.3 is 0 Å². The van der Waals surface area contributed by atoms with E-state index in [9.17, 15) is 0 Å². The van der Waals surface area contributed by atoms with Gasteiger partial charge in [-0.1, -0.05) is 66.6 Å². The van der Waals surface area contributed by atoms with Crippen LogP contribution < -0.4 is 15.9 Å². The van der Waals surface area contributed by atoms with Gasteiger partial charge in [0.2, 0.25) is 0 Å². The van der Waals surface area contributed by atoms with E-state index >= 15 is 0 Å². The Bertz CT molecular complexity index is 693.